The van der Waals surface area contributed by atoms with E-state index in [0.29, 0.717) is 5.95 Å². The van der Waals surface area contributed by atoms with Gasteiger partial charge in [-0.25, -0.2) is 9.67 Å². The Morgan fingerprint density at radius 3 is 2.46 bits per heavy atom. The molecule has 0 amide bonds. The van der Waals surface area contributed by atoms with Gasteiger partial charge in [0.05, 0.1) is 24.4 Å². The van der Waals surface area contributed by atoms with Gasteiger partial charge in [-0.05, 0) is 54.8 Å². The van der Waals surface area contributed by atoms with Crippen LogP contribution >= 0.6 is 11.8 Å². The highest BCUT2D eigenvalue weighted by Crippen LogP contribution is 2.22. The number of nitrogens with zero attached hydrogens (tertiary/aromatic N) is 4. The second-order valence-corrected chi connectivity index (χ2v) is 6.46. The predicted molar refractivity (Wildman–Crippen MR) is 105 cm³/mol. The molecule has 7 heteroatoms. The maximum atomic E-state index is 5.21. The maximum absolute atomic E-state index is 5.21. The number of benzene rings is 2. The molecule has 0 bridgehead atoms. The zero-order valence-electron chi connectivity index (χ0n) is 14.4. The first-order valence-electron chi connectivity index (χ1n) is 8.03. The van der Waals surface area contributed by atoms with E-state index >= 15 is 0 Å². The van der Waals surface area contributed by atoms with Crippen molar-refractivity contribution in [1.29, 1.82) is 0 Å². The Bertz CT molecular complexity index is 1030. The minimum Gasteiger partial charge on any atom is -0.497 e. The molecule has 0 aliphatic rings. The number of fused-ring (bicyclic) bond motifs is 1. The van der Waals surface area contributed by atoms with Crippen molar-refractivity contribution < 1.29 is 4.74 Å². The fraction of sp³-hybridized carbons (Fsp3) is 0.105. The Hall–Kier alpha value is -3.06. The van der Waals surface area contributed by atoms with Crippen molar-refractivity contribution in [2.75, 3.05) is 18.7 Å². The van der Waals surface area contributed by atoms with Crippen LogP contribution < -0.4 is 10.1 Å². The summed E-state index contributed by atoms with van der Waals surface area (Å²) in [6.07, 6.45) is 5.59. The monoisotopic (exact) mass is 363 g/mol. The number of ether oxygens (including phenoxy) is 1. The van der Waals surface area contributed by atoms with Crippen LogP contribution in [0.3, 0.4) is 0 Å². The summed E-state index contributed by atoms with van der Waals surface area (Å²) in [5.74, 6) is 1.33. The van der Waals surface area contributed by atoms with Crippen LogP contribution in [-0.4, -0.2) is 33.1 Å². The van der Waals surface area contributed by atoms with Crippen LogP contribution in [0.25, 0.3) is 16.7 Å². The zero-order valence-corrected chi connectivity index (χ0v) is 15.2. The number of nitrogens with one attached hydrogen (secondary N) is 1. The van der Waals surface area contributed by atoms with E-state index in [2.05, 4.69) is 38.8 Å². The van der Waals surface area contributed by atoms with Gasteiger partial charge in [-0.3, -0.25) is 0 Å². The molecule has 0 aliphatic heterocycles. The van der Waals surface area contributed by atoms with Crippen LogP contribution in [0.15, 0.2) is 65.8 Å². The number of aromatic nitrogens is 4. The summed E-state index contributed by atoms with van der Waals surface area (Å²) in [5.41, 5.74) is 2.60. The van der Waals surface area contributed by atoms with Crippen molar-refractivity contribution in [3.05, 3.63) is 60.9 Å². The smallest absolute Gasteiger partial charge is 0.229 e. The number of thioether (sulfide) groups is 1. The summed E-state index contributed by atoms with van der Waals surface area (Å²) in [6, 6.07) is 15.8. The number of hydrogen-bond donors (Lipinski definition) is 1. The lowest BCUT2D eigenvalue weighted by atomic mass is 10.3. The number of rotatable bonds is 5. The summed E-state index contributed by atoms with van der Waals surface area (Å²) in [6.45, 7) is 0. The SMILES string of the molecule is COc1ccc(-n2ncc3cnc(Nc4ccc(SC)cc4)nc32)cc1. The Kier molecular flexibility index (Phi) is 4.45. The highest BCUT2D eigenvalue weighted by Gasteiger charge is 2.09. The summed E-state index contributed by atoms with van der Waals surface area (Å²) in [5, 5.41) is 8.55. The van der Waals surface area contributed by atoms with Gasteiger partial charge in [-0.2, -0.15) is 10.1 Å². The normalized spacial score (nSPS) is 10.8. The summed E-state index contributed by atoms with van der Waals surface area (Å²) >= 11 is 1.71. The molecule has 4 rings (SSSR count). The average Bonchev–Trinajstić information content (AvgIpc) is 3.12. The molecule has 26 heavy (non-hydrogen) atoms. The first-order valence-corrected chi connectivity index (χ1v) is 9.25. The van der Waals surface area contributed by atoms with E-state index in [1.165, 1.54) is 4.90 Å². The maximum Gasteiger partial charge on any atom is 0.229 e. The molecular formula is C19H17N5OS. The second kappa shape index (κ2) is 7.05. The molecule has 1 N–H and O–H groups in total. The van der Waals surface area contributed by atoms with Crippen LogP contribution in [0, 0.1) is 0 Å². The lowest BCUT2D eigenvalue weighted by Crippen LogP contribution is -2.01. The summed E-state index contributed by atoms with van der Waals surface area (Å²) in [7, 11) is 1.65. The lowest BCUT2D eigenvalue weighted by Gasteiger charge is -2.07. The quantitative estimate of drug-likeness (QED) is 0.534. The third-order valence-corrected chi connectivity index (χ3v) is 4.72. The van der Waals surface area contributed by atoms with Gasteiger partial charge in [0.15, 0.2) is 5.65 Å². The first-order chi connectivity index (χ1) is 12.8. The highest BCUT2D eigenvalue weighted by molar-refractivity contribution is 7.98. The van der Waals surface area contributed by atoms with Gasteiger partial charge in [-0.15, -0.1) is 11.8 Å². The lowest BCUT2D eigenvalue weighted by molar-refractivity contribution is 0.414. The van der Waals surface area contributed by atoms with Gasteiger partial charge in [0.1, 0.15) is 5.75 Å². The van der Waals surface area contributed by atoms with Crippen LogP contribution in [0.2, 0.25) is 0 Å². The molecule has 0 aliphatic carbocycles. The Morgan fingerprint density at radius 2 is 1.77 bits per heavy atom. The Morgan fingerprint density at radius 1 is 1.00 bits per heavy atom. The fourth-order valence-corrected chi connectivity index (χ4v) is 3.00. The van der Waals surface area contributed by atoms with E-state index in [4.69, 9.17) is 4.74 Å². The molecular weight excluding hydrogens is 346 g/mol. The topological polar surface area (TPSA) is 64.9 Å². The van der Waals surface area contributed by atoms with E-state index in [-0.39, 0.29) is 0 Å². The number of methoxy groups -OCH3 is 1. The third-order valence-electron chi connectivity index (χ3n) is 3.97. The van der Waals surface area contributed by atoms with Gasteiger partial charge < -0.3 is 10.1 Å². The van der Waals surface area contributed by atoms with Gasteiger partial charge in [-0.1, -0.05) is 0 Å². The van der Waals surface area contributed by atoms with E-state index in [9.17, 15) is 0 Å². The van der Waals surface area contributed by atoms with Crippen molar-refractivity contribution >= 4 is 34.4 Å². The number of anilines is 2. The zero-order chi connectivity index (χ0) is 17.9. The van der Waals surface area contributed by atoms with E-state index in [1.54, 1.807) is 35.9 Å². The molecule has 0 spiro atoms. The minimum atomic E-state index is 0.532. The van der Waals surface area contributed by atoms with Crippen LogP contribution in [-0.2, 0) is 0 Å². The van der Waals surface area contributed by atoms with Gasteiger partial charge in [0.25, 0.3) is 0 Å². The molecule has 0 saturated heterocycles. The first kappa shape index (κ1) is 16.4. The Balaban J connectivity index is 1.67. The third kappa shape index (κ3) is 3.21. The minimum absolute atomic E-state index is 0.532. The molecule has 2 heterocycles. The molecule has 0 saturated carbocycles. The molecule has 2 aromatic carbocycles. The average molecular weight is 363 g/mol. The second-order valence-electron chi connectivity index (χ2n) is 5.58. The molecule has 0 fully saturated rings. The van der Waals surface area contributed by atoms with Crippen LogP contribution in [0.5, 0.6) is 5.75 Å². The molecule has 130 valence electrons. The molecule has 0 unspecified atom stereocenters. The van der Waals surface area contributed by atoms with E-state index in [1.807, 2.05) is 36.4 Å². The molecule has 0 atom stereocenters. The predicted octanol–water partition coefficient (Wildman–Crippen LogP) is 4.29. The Labute approximate surface area is 155 Å². The van der Waals surface area contributed by atoms with Gasteiger partial charge in [0, 0.05) is 16.8 Å². The fourth-order valence-electron chi connectivity index (χ4n) is 2.59. The summed E-state index contributed by atoms with van der Waals surface area (Å²) < 4.78 is 7.00. The van der Waals surface area contributed by atoms with Crippen LogP contribution in [0.1, 0.15) is 0 Å². The molecule has 2 aromatic heterocycles. The van der Waals surface area contributed by atoms with Crippen molar-refractivity contribution in [3.63, 3.8) is 0 Å². The van der Waals surface area contributed by atoms with Crippen molar-refractivity contribution in [2.24, 2.45) is 0 Å². The largest absolute Gasteiger partial charge is 0.497 e. The number of hydrogen-bond acceptors (Lipinski definition) is 6. The molecule has 6 nitrogen and oxygen atoms in total. The van der Waals surface area contributed by atoms with E-state index < -0.39 is 0 Å². The van der Waals surface area contributed by atoms with E-state index in [0.717, 1.165) is 28.2 Å². The highest BCUT2D eigenvalue weighted by atomic mass is 32.2. The van der Waals surface area contributed by atoms with Gasteiger partial charge >= 0.3 is 0 Å². The molecule has 0 radical (unpaired) electrons. The van der Waals surface area contributed by atoms with Crippen molar-refractivity contribution in [2.45, 2.75) is 4.90 Å². The summed E-state index contributed by atoms with van der Waals surface area (Å²) in [4.78, 5) is 10.2. The van der Waals surface area contributed by atoms with Crippen molar-refractivity contribution in [1.82, 2.24) is 19.7 Å². The van der Waals surface area contributed by atoms with Crippen LogP contribution in [0.4, 0.5) is 11.6 Å². The van der Waals surface area contributed by atoms with Crippen molar-refractivity contribution in [3.8, 4) is 11.4 Å². The van der Waals surface area contributed by atoms with Gasteiger partial charge in [0.2, 0.25) is 5.95 Å². The standard InChI is InChI=1S/C19H17N5OS/c1-25-16-7-5-15(6-8-16)24-18-13(12-21-24)11-20-19(23-18)22-14-3-9-17(26-2)10-4-14/h3-12H,1-2H3,(H,20,22,23). The molecule has 4 aromatic rings.